The molecule has 2 fully saturated rings. The van der Waals surface area contributed by atoms with Crippen molar-refractivity contribution in [3.8, 4) is 5.75 Å². The molecule has 2 unspecified atom stereocenters. The van der Waals surface area contributed by atoms with Crippen LogP contribution in [0, 0.1) is 0 Å². The van der Waals surface area contributed by atoms with Crippen LogP contribution in [-0.4, -0.2) is 61.8 Å². The van der Waals surface area contributed by atoms with Gasteiger partial charge >= 0.3 is 0 Å². The number of piperazine rings is 1. The number of ether oxygens (including phenoxy) is 2. The van der Waals surface area contributed by atoms with E-state index in [4.69, 9.17) is 9.47 Å². The molecule has 3 rings (SSSR count). The van der Waals surface area contributed by atoms with E-state index in [1.165, 1.54) is 12.8 Å². The normalized spacial score (nSPS) is 23.2. The Labute approximate surface area is 166 Å². The molecule has 2 atom stereocenters. The van der Waals surface area contributed by atoms with E-state index < -0.39 is 0 Å². The van der Waals surface area contributed by atoms with Crippen molar-refractivity contribution >= 4 is 30.1 Å². The number of hydrogen-bond acceptors (Lipinski definition) is 5. The minimum atomic E-state index is 0. The van der Waals surface area contributed by atoms with Gasteiger partial charge in [0.05, 0.1) is 25.0 Å². The largest absolute Gasteiger partial charge is 0.496 e. The number of hydrogen-bond donors (Lipinski definition) is 1. The zero-order chi connectivity index (χ0) is 17.5. The second-order valence-corrected chi connectivity index (χ2v) is 7.58. The highest BCUT2D eigenvalue weighted by Gasteiger charge is 2.29. The standard InChI is InChI=1S/C19H28N2O3S.ClH/c1-23-18-8-3-2-7-16(18)17-12-20-9-10-21(17)19(22)14-25-13-15-6-4-5-11-24-15;/h2-3,7-8,15,17,20H,4-6,9-14H2,1H3;1H. The molecule has 0 radical (unpaired) electrons. The second kappa shape index (κ2) is 11.0. The third-order valence-corrected chi connectivity index (χ3v) is 5.92. The third-order valence-electron chi connectivity index (χ3n) is 4.86. The third kappa shape index (κ3) is 5.52. The molecule has 0 spiro atoms. The van der Waals surface area contributed by atoms with E-state index in [0.717, 1.165) is 49.7 Å². The number of carbonyl (C=O) groups excluding carboxylic acids is 1. The molecule has 0 saturated carbocycles. The van der Waals surface area contributed by atoms with Crippen molar-refractivity contribution in [2.75, 3.05) is 44.9 Å². The Bertz CT molecular complexity index is 569. The number of nitrogens with one attached hydrogen (secondary N) is 1. The van der Waals surface area contributed by atoms with Gasteiger partial charge in [0.1, 0.15) is 5.75 Å². The number of para-hydroxylation sites is 1. The van der Waals surface area contributed by atoms with Gasteiger partial charge in [0, 0.05) is 37.6 Å². The number of thioether (sulfide) groups is 1. The van der Waals surface area contributed by atoms with E-state index in [1.807, 2.05) is 23.1 Å². The molecule has 7 heteroatoms. The Morgan fingerprint density at radius 2 is 2.23 bits per heavy atom. The van der Waals surface area contributed by atoms with Crippen LogP contribution < -0.4 is 10.1 Å². The average molecular weight is 401 g/mol. The van der Waals surface area contributed by atoms with Crippen LogP contribution in [0.15, 0.2) is 24.3 Å². The van der Waals surface area contributed by atoms with Crippen molar-refractivity contribution in [2.45, 2.75) is 31.4 Å². The highest BCUT2D eigenvalue weighted by Crippen LogP contribution is 2.30. The summed E-state index contributed by atoms with van der Waals surface area (Å²) in [6.07, 6.45) is 3.85. The minimum absolute atomic E-state index is 0. The minimum Gasteiger partial charge on any atom is -0.496 e. The van der Waals surface area contributed by atoms with Crippen LogP contribution in [0.2, 0.25) is 0 Å². The van der Waals surface area contributed by atoms with Crippen LogP contribution in [0.3, 0.4) is 0 Å². The smallest absolute Gasteiger partial charge is 0.233 e. The van der Waals surface area contributed by atoms with Crippen LogP contribution in [0.5, 0.6) is 5.75 Å². The average Bonchev–Trinajstić information content (AvgIpc) is 2.68. The van der Waals surface area contributed by atoms with E-state index >= 15 is 0 Å². The summed E-state index contributed by atoms with van der Waals surface area (Å²) in [5, 5.41) is 3.40. The van der Waals surface area contributed by atoms with Gasteiger partial charge < -0.3 is 19.7 Å². The van der Waals surface area contributed by atoms with Crippen LogP contribution in [-0.2, 0) is 9.53 Å². The van der Waals surface area contributed by atoms with Crippen LogP contribution >= 0.6 is 24.2 Å². The van der Waals surface area contributed by atoms with Crippen molar-refractivity contribution in [1.29, 1.82) is 0 Å². The highest BCUT2D eigenvalue weighted by atomic mass is 35.5. The quantitative estimate of drug-likeness (QED) is 0.795. The maximum absolute atomic E-state index is 12.8. The molecule has 0 bridgehead atoms. The maximum atomic E-state index is 12.8. The monoisotopic (exact) mass is 400 g/mol. The van der Waals surface area contributed by atoms with Gasteiger partial charge in [0.15, 0.2) is 0 Å². The van der Waals surface area contributed by atoms with E-state index in [2.05, 4.69) is 11.4 Å². The zero-order valence-electron chi connectivity index (χ0n) is 15.3. The topological polar surface area (TPSA) is 50.8 Å². The van der Waals surface area contributed by atoms with Gasteiger partial charge in [0.2, 0.25) is 5.91 Å². The van der Waals surface area contributed by atoms with Gasteiger partial charge in [-0.15, -0.1) is 24.2 Å². The summed E-state index contributed by atoms with van der Waals surface area (Å²) in [5.41, 5.74) is 1.08. The van der Waals surface area contributed by atoms with Gasteiger partial charge in [-0.05, 0) is 25.3 Å². The predicted molar refractivity (Wildman–Crippen MR) is 108 cm³/mol. The number of rotatable bonds is 6. The summed E-state index contributed by atoms with van der Waals surface area (Å²) in [6, 6.07) is 8.01. The van der Waals surface area contributed by atoms with E-state index in [-0.39, 0.29) is 24.4 Å². The molecular formula is C19H29ClN2O3S. The van der Waals surface area contributed by atoms with Crippen LogP contribution in [0.25, 0.3) is 0 Å². The molecule has 5 nitrogen and oxygen atoms in total. The molecule has 1 aromatic carbocycles. The number of amides is 1. The molecule has 0 aliphatic carbocycles. The summed E-state index contributed by atoms with van der Waals surface area (Å²) in [6.45, 7) is 3.21. The zero-order valence-corrected chi connectivity index (χ0v) is 16.9. The molecule has 26 heavy (non-hydrogen) atoms. The number of nitrogens with zero attached hydrogens (tertiary/aromatic N) is 1. The number of benzene rings is 1. The first kappa shape index (κ1) is 21.4. The molecule has 2 aliphatic heterocycles. The second-order valence-electron chi connectivity index (χ2n) is 6.55. The van der Waals surface area contributed by atoms with Crippen molar-refractivity contribution in [3.63, 3.8) is 0 Å². The summed E-state index contributed by atoms with van der Waals surface area (Å²) in [4.78, 5) is 14.8. The maximum Gasteiger partial charge on any atom is 0.233 e. The molecule has 2 heterocycles. The van der Waals surface area contributed by atoms with E-state index in [0.29, 0.717) is 11.9 Å². The Hall–Kier alpha value is -0.950. The van der Waals surface area contributed by atoms with Gasteiger partial charge in [-0.3, -0.25) is 4.79 Å². The number of halogens is 1. The van der Waals surface area contributed by atoms with Gasteiger partial charge in [-0.25, -0.2) is 0 Å². The lowest BCUT2D eigenvalue weighted by molar-refractivity contribution is -0.131. The van der Waals surface area contributed by atoms with Crippen molar-refractivity contribution in [2.24, 2.45) is 0 Å². The summed E-state index contributed by atoms with van der Waals surface area (Å²) >= 11 is 1.70. The van der Waals surface area contributed by atoms with Crippen molar-refractivity contribution in [1.82, 2.24) is 10.2 Å². The molecular weight excluding hydrogens is 372 g/mol. The van der Waals surface area contributed by atoms with E-state index in [1.54, 1.807) is 18.9 Å². The Morgan fingerprint density at radius 3 is 3.00 bits per heavy atom. The first-order chi connectivity index (χ1) is 12.3. The summed E-state index contributed by atoms with van der Waals surface area (Å²) < 4.78 is 11.3. The molecule has 0 aromatic heterocycles. The van der Waals surface area contributed by atoms with E-state index in [9.17, 15) is 4.79 Å². The molecule has 1 amide bonds. The van der Waals surface area contributed by atoms with Crippen molar-refractivity contribution in [3.05, 3.63) is 29.8 Å². The van der Waals surface area contributed by atoms with Gasteiger partial charge in [-0.2, -0.15) is 0 Å². The lowest BCUT2D eigenvalue weighted by atomic mass is 10.0. The van der Waals surface area contributed by atoms with Gasteiger partial charge in [0.25, 0.3) is 0 Å². The van der Waals surface area contributed by atoms with Crippen LogP contribution in [0.4, 0.5) is 0 Å². The number of methoxy groups -OCH3 is 1. The lowest BCUT2D eigenvalue weighted by Gasteiger charge is -2.37. The fraction of sp³-hybridized carbons (Fsp3) is 0.632. The molecule has 2 aliphatic rings. The Morgan fingerprint density at radius 1 is 1.38 bits per heavy atom. The molecule has 1 aromatic rings. The Balaban J connectivity index is 0.00000243. The lowest BCUT2D eigenvalue weighted by Crippen LogP contribution is -2.49. The SMILES string of the molecule is COc1ccccc1C1CNCCN1C(=O)CSCC1CCCCO1.Cl. The first-order valence-corrected chi connectivity index (χ1v) is 10.3. The summed E-state index contributed by atoms with van der Waals surface area (Å²) in [7, 11) is 1.68. The molecule has 2 saturated heterocycles. The number of carbonyl (C=O) groups is 1. The van der Waals surface area contributed by atoms with Crippen LogP contribution in [0.1, 0.15) is 30.9 Å². The van der Waals surface area contributed by atoms with Gasteiger partial charge in [-0.1, -0.05) is 18.2 Å². The fourth-order valence-corrected chi connectivity index (χ4v) is 4.51. The fourth-order valence-electron chi connectivity index (χ4n) is 3.52. The molecule has 1 N–H and O–H groups in total. The summed E-state index contributed by atoms with van der Waals surface area (Å²) in [5.74, 6) is 2.48. The predicted octanol–water partition coefficient (Wildman–Crippen LogP) is 2.89. The Kier molecular flexibility index (Phi) is 9.05. The first-order valence-electron chi connectivity index (χ1n) is 9.12. The van der Waals surface area contributed by atoms with Crippen molar-refractivity contribution < 1.29 is 14.3 Å². The highest BCUT2D eigenvalue weighted by molar-refractivity contribution is 7.99. The molecule has 146 valence electrons.